The molecule has 0 spiro atoms. The first-order valence-corrected chi connectivity index (χ1v) is 10.8. The monoisotopic (exact) mass is 434 g/mol. The van der Waals surface area contributed by atoms with Crippen LogP contribution in [0.25, 0.3) is 5.65 Å². The molecule has 3 aromatic heterocycles. The van der Waals surface area contributed by atoms with Gasteiger partial charge >= 0.3 is 0 Å². The summed E-state index contributed by atoms with van der Waals surface area (Å²) in [6.07, 6.45) is 11.0. The summed E-state index contributed by atoms with van der Waals surface area (Å²) >= 11 is 0. The highest BCUT2D eigenvalue weighted by Gasteiger charge is 2.28. The van der Waals surface area contributed by atoms with E-state index in [0.29, 0.717) is 43.1 Å². The minimum absolute atomic E-state index is 0.0834. The van der Waals surface area contributed by atoms with Gasteiger partial charge in [0.1, 0.15) is 17.2 Å². The smallest absolute Gasteiger partial charge is 0.224 e. The molecule has 1 amide bonds. The van der Waals surface area contributed by atoms with Crippen molar-refractivity contribution in [2.24, 2.45) is 0 Å². The topological polar surface area (TPSA) is 65.8 Å². The lowest BCUT2D eigenvalue weighted by Crippen LogP contribution is -2.54. The number of hydrogen-bond acceptors (Lipinski definition) is 5. The zero-order valence-corrected chi connectivity index (χ0v) is 18.4. The average Bonchev–Trinajstić information content (AvgIpc) is 3.26. The van der Waals surface area contributed by atoms with Crippen LogP contribution >= 0.6 is 0 Å². The summed E-state index contributed by atoms with van der Waals surface area (Å²) in [6.45, 7) is 7.03. The predicted octanol–water partition coefficient (Wildman–Crippen LogP) is 2.38. The Morgan fingerprint density at radius 1 is 1.34 bits per heavy atom. The number of nitrogens with zero attached hydrogens (tertiary/aromatic N) is 5. The molecule has 8 heteroatoms. The molecule has 1 aliphatic rings. The second-order valence-electron chi connectivity index (χ2n) is 8.09. The molecule has 0 aliphatic carbocycles. The molecule has 1 atom stereocenters. The number of pyridine rings is 2. The molecule has 4 rings (SSSR count). The van der Waals surface area contributed by atoms with Gasteiger partial charge in [0.25, 0.3) is 0 Å². The Morgan fingerprint density at radius 2 is 2.19 bits per heavy atom. The number of aromatic nitrogens is 3. The number of terminal acetylenes is 1. The Labute approximate surface area is 187 Å². The Bertz CT molecular complexity index is 1170. The zero-order valence-electron chi connectivity index (χ0n) is 18.4. The Morgan fingerprint density at radius 3 is 2.94 bits per heavy atom. The van der Waals surface area contributed by atoms with Crippen LogP contribution in [0, 0.1) is 25.1 Å². The SMILES string of the molecule is C#Cc1cc(C)c(N2CCN(C(=O)CCNCc3c(F)ccc4nccn34)[C@@H](C)C2)cn1. The molecular weight excluding hydrogens is 407 g/mol. The fraction of sp³-hybridized carbons (Fsp3) is 0.375. The summed E-state index contributed by atoms with van der Waals surface area (Å²) in [6, 6.07) is 5.06. The summed E-state index contributed by atoms with van der Waals surface area (Å²) in [5.74, 6) is 2.37. The number of nitrogens with one attached hydrogen (secondary N) is 1. The summed E-state index contributed by atoms with van der Waals surface area (Å²) in [5.41, 5.74) is 3.98. The third-order valence-electron chi connectivity index (χ3n) is 5.94. The average molecular weight is 435 g/mol. The van der Waals surface area contributed by atoms with Crippen LogP contribution in [0.1, 0.15) is 30.3 Å². The number of carbonyl (C=O) groups excluding carboxylic acids is 1. The van der Waals surface area contributed by atoms with E-state index in [-0.39, 0.29) is 17.8 Å². The summed E-state index contributed by atoms with van der Waals surface area (Å²) in [4.78, 5) is 25.5. The van der Waals surface area contributed by atoms with Gasteiger partial charge in [-0.2, -0.15) is 0 Å². The van der Waals surface area contributed by atoms with Crippen LogP contribution < -0.4 is 10.2 Å². The van der Waals surface area contributed by atoms with Gasteiger partial charge in [0.2, 0.25) is 5.91 Å². The number of anilines is 1. The highest BCUT2D eigenvalue weighted by atomic mass is 19.1. The van der Waals surface area contributed by atoms with Crippen molar-refractivity contribution in [2.45, 2.75) is 32.9 Å². The molecule has 0 saturated carbocycles. The summed E-state index contributed by atoms with van der Waals surface area (Å²) < 4.78 is 15.9. The maximum Gasteiger partial charge on any atom is 0.224 e. The molecule has 1 N–H and O–H groups in total. The van der Waals surface area contributed by atoms with Crippen LogP contribution in [-0.4, -0.2) is 57.4 Å². The van der Waals surface area contributed by atoms with E-state index in [1.165, 1.54) is 6.07 Å². The number of amides is 1. The minimum Gasteiger partial charge on any atom is -0.366 e. The van der Waals surface area contributed by atoms with Crippen molar-refractivity contribution in [3.63, 3.8) is 0 Å². The number of halogens is 1. The van der Waals surface area contributed by atoms with Crippen molar-refractivity contribution < 1.29 is 9.18 Å². The third-order valence-corrected chi connectivity index (χ3v) is 5.94. The van der Waals surface area contributed by atoms with Crippen molar-refractivity contribution in [2.75, 3.05) is 31.1 Å². The molecule has 1 aliphatic heterocycles. The van der Waals surface area contributed by atoms with E-state index in [1.807, 2.05) is 24.1 Å². The molecule has 0 aromatic carbocycles. The number of hydrogen-bond donors (Lipinski definition) is 1. The highest BCUT2D eigenvalue weighted by molar-refractivity contribution is 5.77. The molecule has 0 unspecified atom stereocenters. The van der Waals surface area contributed by atoms with Crippen molar-refractivity contribution >= 4 is 17.2 Å². The quantitative estimate of drug-likeness (QED) is 0.477. The van der Waals surface area contributed by atoms with E-state index in [0.717, 1.165) is 24.3 Å². The maximum atomic E-state index is 14.2. The van der Waals surface area contributed by atoms with E-state index in [1.54, 1.807) is 22.9 Å². The second kappa shape index (κ2) is 9.37. The van der Waals surface area contributed by atoms with Crippen molar-refractivity contribution in [1.29, 1.82) is 0 Å². The van der Waals surface area contributed by atoms with Crippen LogP contribution in [0.2, 0.25) is 0 Å². The van der Waals surface area contributed by atoms with Crippen LogP contribution in [-0.2, 0) is 11.3 Å². The van der Waals surface area contributed by atoms with E-state index in [9.17, 15) is 9.18 Å². The molecule has 0 bridgehead atoms. The number of aryl methyl sites for hydroxylation is 1. The van der Waals surface area contributed by atoms with E-state index < -0.39 is 0 Å². The molecular formula is C24H27FN6O. The standard InChI is InChI=1S/C24H27FN6O/c1-4-19-13-17(2)21(15-28-19)29-11-12-30(18(3)16-29)24(32)7-8-26-14-22-20(25)5-6-23-27-9-10-31(22)23/h1,5-6,9-10,13,15,18,26H,7-8,11-12,14,16H2,2-3H3/t18-/m0/s1. The molecule has 0 radical (unpaired) electrons. The van der Waals surface area contributed by atoms with Crippen molar-refractivity contribution in [3.05, 3.63) is 59.6 Å². The van der Waals surface area contributed by atoms with Crippen LogP contribution in [0.4, 0.5) is 10.1 Å². The maximum absolute atomic E-state index is 14.2. The molecule has 3 aromatic rings. The number of rotatable bonds is 6. The molecule has 7 nitrogen and oxygen atoms in total. The lowest BCUT2D eigenvalue weighted by molar-refractivity contribution is -0.133. The summed E-state index contributed by atoms with van der Waals surface area (Å²) in [5, 5.41) is 3.19. The van der Waals surface area contributed by atoms with Gasteiger partial charge in [-0.25, -0.2) is 14.4 Å². The van der Waals surface area contributed by atoms with Gasteiger partial charge in [0.15, 0.2) is 0 Å². The van der Waals surface area contributed by atoms with E-state index in [2.05, 4.69) is 33.0 Å². The number of carbonyl (C=O) groups is 1. The molecule has 1 saturated heterocycles. The predicted molar refractivity (Wildman–Crippen MR) is 122 cm³/mol. The number of piperazine rings is 1. The normalized spacial score (nSPS) is 16.4. The van der Waals surface area contributed by atoms with Crippen LogP contribution in [0.3, 0.4) is 0 Å². The Hall–Kier alpha value is -3.44. The van der Waals surface area contributed by atoms with Gasteiger partial charge in [0, 0.05) is 57.6 Å². The second-order valence-corrected chi connectivity index (χ2v) is 8.09. The van der Waals surface area contributed by atoms with Gasteiger partial charge in [0.05, 0.1) is 17.6 Å². The fourth-order valence-electron chi connectivity index (χ4n) is 4.25. The molecule has 1 fully saturated rings. The number of fused-ring (bicyclic) bond motifs is 1. The lowest BCUT2D eigenvalue weighted by Gasteiger charge is -2.41. The highest BCUT2D eigenvalue weighted by Crippen LogP contribution is 2.23. The van der Waals surface area contributed by atoms with Gasteiger partial charge in [-0.05, 0) is 37.6 Å². The molecule has 32 heavy (non-hydrogen) atoms. The van der Waals surface area contributed by atoms with Crippen molar-refractivity contribution in [1.82, 2.24) is 24.6 Å². The zero-order chi connectivity index (χ0) is 22.7. The van der Waals surface area contributed by atoms with Gasteiger partial charge in [-0.15, -0.1) is 6.42 Å². The lowest BCUT2D eigenvalue weighted by atomic mass is 10.1. The van der Waals surface area contributed by atoms with Gasteiger partial charge in [-0.3, -0.25) is 9.20 Å². The minimum atomic E-state index is -0.292. The van der Waals surface area contributed by atoms with Gasteiger partial charge in [-0.1, -0.05) is 5.92 Å². The third kappa shape index (κ3) is 4.43. The van der Waals surface area contributed by atoms with Crippen molar-refractivity contribution in [3.8, 4) is 12.3 Å². The molecule has 166 valence electrons. The first-order chi connectivity index (χ1) is 15.5. The number of imidazole rings is 1. The van der Waals surface area contributed by atoms with E-state index >= 15 is 0 Å². The summed E-state index contributed by atoms with van der Waals surface area (Å²) in [7, 11) is 0. The Balaban J connectivity index is 1.29. The van der Waals surface area contributed by atoms with Crippen LogP contribution in [0.15, 0.2) is 36.8 Å². The first kappa shape index (κ1) is 21.8. The van der Waals surface area contributed by atoms with Gasteiger partial charge < -0.3 is 15.1 Å². The Kier molecular flexibility index (Phi) is 6.37. The van der Waals surface area contributed by atoms with Crippen LogP contribution in [0.5, 0.6) is 0 Å². The molecule has 4 heterocycles. The fourth-order valence-corrected chi connectivity index (χ4v) is 4.25. The van der Waals surface area contributed by atoms with E-state index in [4.69, 9.17) is 6.42 Å². The first-order valence-electron chi connectivity index (χ1n) is 10.8. The largest absolute Gasteiger partial charge is 0.366 e.